The van der Waals surface area contributed by atoms with E-state index in [0.29, 0.717) is 17.1 Å². The second-order valence-electron chi connectivity index (χ2n) is 5.60. The van der Waals surface area contributed by atoms with Crippen molar-refractivity contribution in [3.8, 4) is 11.5 Å². The van der Waals surface area contributed by atoms with E-state index in [9.17, 15) is 13.2 Å². The lowest BCUT2D eigenvalue weighted by atomic mass is 10.1. The summed E-state index contributed by atoms with van der Waals surface area (Å²) in [5.41, 5.74) is 1.16. The Bertz CT molecular complexity index is 860. The molecule has 0 spiro atoms. The summed E-state index contributed by atoms with van der Waals surface area (Å²) in [4.78, 5) is 12.6. The molecule has 6 nitrogen and oxygen atoms in total. The zero-order valence-electron chi connectivity index (χ0n) is 14.6. The number of sulfone groups is 1. The Kier molecular flexibility index (Phi) is 5.69. The zero-order valence-corrected chi connectivity index (χ0v) is 15.4. The zero-order chi connectivity index (χ0) is 18.6. The molecule has 2 rings (SSSR count). The standard InChI is InChI=1S/C18H21NO5S/c1-12(16-11-14(23-2)7-10-17(16)24-3)19-18(20)13-5-8-15(9-6-13)25(4,21)22/h5-12H,1-4H3,(H,19,20). The predicted octanol–water partition coefficient (Wildman–Crippen LogP) is 2.60. The first-order chi connectivity index (χ1) is 11.8. The van der Waals surface area contributed by atoms with Crippen LogP contribution >= 0.6 is 0 Å². The number of carbonyl (C=O) groups is 1. The molecule has 1 amide bonds. The smallest absolute Gasteiger partial charge is 0.251 e. The van der Waals surface area contributed by atoms with Crippen molar-refractivity contribution in [2.75, 3.05) is 20.5 Å². The molecule has 0 aliphatic carbocycles. The fourth-order valence-electron chi connectivity index (χ4n) is 2.39. The van der Waals surface area contributed by atoms with E-state index in [1.54, 1.807) is 32.4 Å². The number of methoxy groups -OCH3 is 2. The molecule has 0 aliphatic heterocycles. The average Bonchev–Trinajstić information content (AvgIpc) is 2.60. The number of amides is 1. The Balaban J connectivity index is 2.20. The summed E-state index contributed by atoms with van der Waals surface area (Å²) >= 11 is 0. The van der Waals surface area contributed by atoms with Gasteiger partial charge in [0.2, 0.25) is 0 Å². The molecule has 0 bridgehead atoms. The molecule has 0 fully saturated rings. The number of hydrogen-bond acceptors (Lipinski definition) is 5. The quantitative estimate of drug-likeness (QED) is 0.853. The minimum Gasteiger partial charge on any atom is -0.497 e. The van der Waals surface area contributed by atoms with Crippen molar-refractivity contribution < 1.29 is 22.7 Å². The molecule has 2 aromatic rings. The van der Waals surface area contributed by atoms with Crippen LogP contribution in [-0.2, 0) is 9.84 Å². The van der Waals surface area contributed by atoms with Gasteiger partial charge in [-0.25, -0.2) is 8.42 Å². The van der Waals surface area contributed by atoms with E-state index in [-0.39, 0.29) is 16.8 Å². The lowest BCUT2D eigenvalue weighted by Gasteiger charge is -2.18. The molecular weight excluding hydrogens is 342 g/mol. The van der Waals surface area contributed by atoms with Gasteiger partial charge >= 0.3 is 0 Å². The Morgan fingerprint density at radius 3 is 2.20 bits per heavy atom. The highest BCUT2D eigenvalue weighted by Crippen LogP contribution is 2.29. The second-order valence-corrected chi connectivity index (χ2v) is 7.62. The second kappa shape index (κ2) is 7.57. The number of rotatable bonds is 6. The highest BCUT2D eigenvalue weighted by molar-refractivity contribution is 7.90. The third-order valence-corrected chi connectivity index (χ3v) is 4.92. The monoisotopic (exact) mass is 363 g/mol. The molecule has 134 valence electrons. The van der Waals surface area contributed by atoms with Crippen LogP contribution in [0, 0.1) is 0 Å². The van der Waals surface area contributed by atoms with Gasteiger partial charge < -0.3 is 14.8 Å². The number of nitrogens with one attached hydrogen (secondary N) is 1. The SMILES string of the molecule is COc1ccc(OC)c(C(C)NC(=O)c2ccc(S(C)(=O)=O)cc2)c1. The fraction of sp³-hybridized carbons (Fsp3) is 0.278. The van der Waals surface area contributed by atoms with Crippen LogP contribution in [0.5, 0.6) is 11.5 Å². The number of carbonyl (C=O) groups excluding carboxylic acids is 1. The van der Waals surface area contributed by atoms with E-state index in [1.165, 1.54) is 24.3 Å². The maximum absolute atomic E-state index is 12.4. The van der Waals surface area contributed by atoms with Crippen molar-refractivity contribution in [2.24, 2.45) is 0 Å². The van der Waals surface area contributed by atoms with E-state index < -0.39 is 9.84 Å². The molecule has 2 aromatic carbocycles. The van der Waals surface area contributed by atoms with Crippen molar-refractivity contribution >= 4 is 15.7 Å². The molecule has 0 aromatic heterocycles. The minimum absolute atomic E-state index is 0.173. The van der Waals surface area contributed by atoms with Crippen LogP contribution in [0.1, 0.15) is 28.9 Å². The molecular formula is C18H21NO5S. The summed E-state index contributed by atoms with van der Waals surface area (Å²) in [7, 11) is -0.163. The van der Waals surface area contributed by atoms with Crippen LogP contribution in [-0.4, -0.2) is 34.8 Å². The molecule has 0 aliphatic rings. The molecule has 7 heteroatoms. The normalized spacial score (nSPS) is 12.3. The van der Waals surface area contributed by atoms with E-state index in [1.807, 2.05) is 6.92 Å². The first kappa shape index (κ1) is 18.8. The summed E-state index contributed by atoms with van der Waals surface area (Å²) in [6, 6.07) is 10.8. The first-order valence-electron chi connectivity index (χ1n) is 7.59. The first-order valence-corrected chi connectivity index (χ1v) is 9.48. The van der Waals surface area contributed by atoms with E-state index in [2.05, 4.69) is 5.32 Å². The van der Waals surface area contributed by atoms with Gasteiger partial charge in [-0.2, -0.15) is 0 Å². The van der Waals surface area contributed by atoms with Crippen molar-refractivity contribution in [1.29, 1.82) is 0 Å². The van der Waals surface area contributed by atoms with E-state index in [0.717, 1.165) is 11.8 Å². The summed E-state index contributed by atoms with van der Waals surface area (Å²) in [5.74, 6) is 0.993. The van der Waals surface area contributed by atoms with Gasteiger partial charge in [0.25, 0.3) is 5.91 Å². The molecule has 1 N–H and O–H groups in total. The van der Waals surface area contributed by atoms with E-state index in [4.69, 9.17) is 9.47 Å². The summed E-state index contributed by atoms with van der Waals surface area (Å²) in [6.45, 7) is 1.83. The summed E-state index contributed by atoms with van der Waals surface area (Å²) in [6.07, 6.45) is 1.12. The van der Waals surface area contributed by atoms with Crippen molar-refractivity contribution in [3.63, 3.8) is 0 Å². The van der Waals surface area contributed by atoms with Crippen LogP contribution in [0.3, 0.4) is 0 Å². The molecule has 1 unspecified atom stereocenters. The number of hydrogen-bond donors (Lipinski definition) is 1. The molecule has 0 radical (unpaired) electrons. The van der Waals surface area contributed by atoms with Crippen LogP contribution in [0.2, 0.25) is 0 Å². The van der Waals surface area contributed by atoms with Crippen LogP contribution in [0.4, 0.5) is 0 Å². The van der Waals surface area contributed by atoms with Crippen LogP contribution < -0.4 is 14.8 Å². The molecule has 0 heterocycles. The topological polar surface area (TPSA) is 81.7 Å². The van der Waals surface area contributed by atoms with E-state index >= 15 is 0 Å². The van der Waals surface area contributed by atoms with Crippen molar-refractivity contribution in [1.82, 2.24) is 5.32 Å². The lowest BCUT2D eigenvalue weighted by Crippen LogP contribution is -2.27. The fourth-order valence-corrected chi connectivity index (χ4v) is 3.02. The Morgan fingerprint density at radius 2 is 1.68 bits per heavy atom. The minimum atomic E-state index is -3.29. The molecule has 1 atom stereocenters. The highest BCUT2D eigenvalue weighted by Gasteiger charge is 2.17. The van der Waals surface area contributed by atoms with Crippen LogP contribution in [0.25, 0.3) is 0 Å². The predicted molar refractivity (Wildman–Crippen MR) is 95.0 cm³/mol. The van der Waals surface area contributed by atoms with Gasteiger partial charge in [0.1, 0.15) is 11.5 Å². The van der Waals surface area contributed by atoms with Crippen molar-refractivity contribution in [3.05, 3.63) is 53.6 Å². The Hall–Kier alpha value is -2.54. The summed E-state index contributed by atoms with van der Waals surface area (Å²) in [5, 5.41) is 2.87. The number of benzene rings is 2. The lowest BCUT2D eigenvalue weighted by molar-refractivity contribution is 0.0939. The van der Waals surface area contributed by atoms with Gasteiger partial charge in [-0.15, -0.1) is 0 Å². The van der Waals surface area contributed by atoms with Crippen LogP contribution in [0.15, 0.2) is 47.4 Å². The highest BCUT2D eigenvalue weighted by atomic mass is 32.2. The molecule has 0 saturated carbocycles. The molecule has 0 saturated heterocycles. The average molecular weight is 363 g/mol. The Morgan fingerprint density at radius 1 is 1.04 bits per heavy atom. The van der Waals surface area contributed by atoms with Gasteiger partial charge in [0.15, 0.2) is 9.84 Å². The van der Waals surface area contributed by atoms with Gasteiger partial charge in [-0.3, -0.25) is 4.79 Å². The van der Waals surface area contributed by atoms with Gasteiger partial charge in [-0.05, 0) is 49.4 Å². The Labute approximate surface area is 147 Å². The third kappa shape index (κ3) is 4.51. The molecule has 25 heavy (non-hydrogen) atoms. The largest absolute Gasteiger partial charge is 0.497 e. The van der Waals surface area contributed by atoms with Crippen molar-refractivity contribution in [2.45, 2.75) is 17.9 Å². The third-order valence-electron chi connectivity index (χ3n) is 3.80. The maximum Gasteiger partial charge on any atom is 0.251 e. The summed E-state index contributed by atoms with van der Waals surface area (Å²) < 4.78 is 33.5. The van der Waals surface area contributed by atoms with Gasteiger partial charge in [0.05, 0.1) is 25.2 Å². The number of ether oxygens (including phenoxy) is 2. The van der Waals surface area contributed by atoms with Gasteiger partial charge in [-0.1, -0.05) is 0 Å². The maximum atomic E-state index is 12.4. The van der Waals surface area contributed by atoms with Gasteiger partial charge in [0, 0.05) is 17.4 Å².